The third-order valence-electron chi connectivity index (χ3n) is 6.58. The summed E-state index contributed by atoms with van der Waals surface area (Å²) in [5.41, 5.74) is 1.08. The number of methoxy groups -OCH3 is 2. The highest BCUT2D eigenvalue weighted by molar-refractivity contribution is 7.22. The number of piperidine rings is 1. The zero-order valence-electron chi connectivity index (χ0n) is 21.4. The van der Waals surface area contributed by atoms with Crippen molar-refractivity contribution in [3.63, 3.8) is 0 Å². The summed E-state index contributed by atoms with van der Waals surface area (Å²) in [5, 5.41) is 1.06. The fraction of sp³-hybridized carbons (Fsp3) is 0.333. The normalized spacial score (nSPS) is 13.7. The highest BCUT2D eigenvalue weighted by Crippen LogP contribution is 2.47. The Morgan fingerprint density at radius 3 is 2.11 bits per heavy atom. The van der Waals surface area contributed by atoms with Gasteiger partial charge >= 0.3 is 0 Å². The molecule has 0 aliphatic carbocycles. The second kappa shape index (κ2) is 13.0. The van der Waals surface area contributed by atoms with Crippen LogP contribution in [0.4, 0.5) is 0 Å². The first-order chi connectivity index (χ1) is 17.7. The second-order valence-electron chi connectivity index (χ2n) is 9.03. The molecule has 0 bridgehead atoms. The molecule has 4 aromatic rings. The molecule has 196 valence electrons. The van der Waals surface area contributed by atoms with Gasteiger partial charge < -0.3 is 23.8 Å². The van der Waals surface area contributed by atoms with Crippen LogP contribution >= 0.6 is 23.7 Å². The first-order valence-electron chi connectivity index (χ1n) is 12.6. The van der Waals surface area contributed by atoms with Gasteiger partial charge in [-0.1, -0.05) is 6.42 Å². The zero-order chi connectivity index (χ0) is 24.7. The minimum atomic E-state index is 0. The van der Waals surface area contributed by atoms with Gasteiger partial charge in [-0.15, -0.1) is 23.7 Å². The van der Waals surface area contributed by atoms with Gasteiger partial charge in [-0.25, -0.2) is 0 Å². The second-order valence-corrected chi connectivity index (χ2v) is 10.1. The zero-order valence-corrected chi connectivity index (χ0v) is 23.0. The lowest BCUT2D eigenvalue weighted by Crippen LogP contribution is -2.31. The van der Waals surface area contributed by atoms with Gasteiger partial charge in [-0.05, 0) is 105 Å². The van der Waals surface area contributed by atoms with E-state index in [1.54, 1.807) is 25.6 Å². The van der Waals surface area contributed by atoms with Crippen molar-refractivity contribution in [2.24, 2.45) is 0 Å². The van der Waals surface area contributed by atoms with Crippen molar-refractivity contribution < 1.29 is 18.9 Å². The van der Waals surface area contributed by atoms with Crippen LogP contribution in [0.3, 0.4) is 0 Å². The molecule has 37 heavy (non-hydrogen) atoms. The first kappa shape index (κ1) is 27.1. The molecule has 1 saturated heterocycles. The lowest BCUT2D eigenvalue weighted by atomic mass is 10.1. The largest absolute Gasteiger partial charge is 0.497 e. The van der Waals surface area contributed by atoms with E-state index in [4.69, 9.17) is 18.9 Å². The number of rotatable bonds is 10. The lowest BCUT2D eigenvalue weighted by molar-refractivity contribution is 0.205. The van der Waals surface area contributed by atoms with Crippen LogP contribution in [0.15, 0.2) is 66.7 Å². The Morgan fingerprint density at radius 1 is 0.757 bits per heavy atom. The molecule has 1 aliphatic rings. The summed E-state index contributed by atoms with van der Waals surface area (Å²) >= 11 is 1.69. The predicted octanol–water partition coefficient (Wildman–Crippen LogP) is 8.05. The fourth-order valence-corrected chi connectivity index (χ4v) is 5.76. The molecule has 0 unspecified atom stereocenters. The molecule has 1 fully saturated rings. The highest BCUT2D eigenvalue weighted by atomic mass is 35.5. The smallest absolute Gasteiger partial charge is 0.153 e. The molecule has 5 rings (SSSR count). The van der Waals surface area contributed by atoms with Gasteiger partial charge in [-0.2, -0.15) is 0 Å². The molecule has 0 saturated carbocycles. The maximum atomic E-state index is 6.48. The molecule has 0 amide bonds. The molecule has 2 heterocycles. The Balaban J connectivity index is 0.00000320. The van der Waals surface area contributed by atoms with Crippen molar-refractivity contribution in [1.29, 1.82) is 0 Å². The van der Waals surface area contributed by atoms with E-state index < -0.39 is 0 Å². The summed E-state index contributed by atoms with van der Waals surface area (Å²) < 4.78 is 24.4. The van der Waals surface area contributed by atoms with Crippen molar-refractivity contribution in [2.75, 3.05) is 40.5 Å². The molecular formula is C30H34ClNO4S. The van der Waals surface area contributed by atoms with Gasteiger partial charge in [-0.3, -0.25) is 0 Å². The summed E-state index contributed by atoms with van der Waals surface area (Å²) in [6.45, 7) is 4.31. The molecule has 0 radical (unpaired) electrons. The van der Waals surface area contributed by atoms with Crippen LogP contribution in [0.1, 0.15) is 25.7 Å². The van der Waals surface area contributed by atoms with Crippen molar-refractivity contribution in [3.8, 4) is 39.2 Å². The minimum absolute atomic E-state index is 0. The Labute approximate surface area is 229 Å². The molecule has 0 atom stereocenters. The van der Waals surface area contributed by atoms with Gasteiger partial charge in [0.1, 0.15) is 23.0 Å². The molecule has 7 heteroatoms. The van der Waals surface area contributed by atoms with Gasteiger partial charge in [0.05, 0.1) is 25.7 Å². The molecule has 1 aliphatic heterocycles. The van der Waals surface area contributed by atoms with E-state index in [2.05, 4.69) is 29.2 Å². The molecule has 5 nitrogen and oxygen atoms in total. The van der Waals surface area contributed by atoms with Crippen LogP contribution in [-0.4, -0.2) is 45.4 Å². The number of ether oxygens (including phenoxy) is 4. The average molecular weight is 540 g/mol. The van der Waals surface area contributed by atoms with Crippen LogP contribution in [0.25, 0.3) is 20.5 Å². The monoisotopic (exact) mass is 539 g/mol. The van der Waals surface area contributed by atoms with Crippen LogP contribution in [-0.2, 0) is 0 Å². The van der Waals surface area contributed by atoms with Crippen molar-refractivity contribution >= 4 is 33.8 Å². The lowest BCUT2D eigenvalue weighted by Gasteiger charge is -2.26. The molecule has 0 spiro atoms. The van der Waals surface area contributed by atoms with E-state index in [9.17, 15) is 0 Å². The Kier molecular flexibility index (Phi) is 9.56. The Hall–Kier alpha value is -2.93. The minimum Gasteiger partial charge on any atom is -0.497 e. The van der Waals surface area contributed by atoms with E-state index in [1.165, 1.54) is 32.4 Å². The number of nitrogens with zero attached hydrogens (tertiary/aromatic N) is 1. The van der Waals surface area contributed by atoms with Gasteiger partial charge in [0.25, 0.3) is 0 Å². The topological polar surface area (TPSA) is 40.2 Å². The van der Waals surface area contributed by atoms with Gasteiger partial charge in [0.15, 0.2) is 5.75 Å². The summed E-state index contributed by atoms with van der Waals surface area (Å²) in [4.78, 5) is 3.62. The summed E-state index contributed by atoms with van der Waals surface area (Å²) in [6, 6.07) is 22.1. The number of benzene rings is 3. The Morgan fingerprint density at radius 2 is 1.41 bits per heavy atom. The third-order valence-corrected chi connectivity index (χ3v) is 7.77. The number of halogens is 1. The average Bonchev–Trinajstić information content (AvgIpc) is 3.29. The number of hydrogen-bond donors (Lipinski definition) is 0. The first-order valence-corrected chi connectivity index (χ1v) is 13.4. The standard InChI is InChI=1S/C30H33NO4S.ClH/c1-32-23-9-7-22(8-10-23)30-29(27-16-15-26(33-2)21-28(27)36-30)35-25-13-11-24(12-14-25)34-20-6-19-31-17-4-3-5-18-31;/h7-16,21H,3-6,17-20H2,1-2H3;1H. The van der Waals surface area contributed by atoms with Crippen LogP contribution in [0.2, 0.25) is 0 Å². The number of likely N-dealkylation sites (tertiary alicyclic amines) is 1. The number of fused-ring (bicyclic) bond motifs is 1. The number of thiophene rings is 1. The fourth-order valence-electron chi connectivity index (χ4n) is 4.60. The van der Waals surface area contributed by atoms with E-state index in [-0.39, 0.29) is 12.4 Å². The SMILES string of the molecule is COc1ccc(-c2sc3cc(OC)ccc3c2Oc2ccc(OCCCN3CCCCC3)cc2)cc1.Cl. The van der Waals surface area contributed by atoms with Crippen LogP contribution in [0.5, 0.6) is 28.7 Å². The highest BCUT2D eigenvalue weighted by Gasteiger charge is 2.17. The van der Waals surface area contributed by atoms with Crippen molar-refractivity contribution in [2.45, 2.75) is 25.7 Å². The Bertz CT molecular complexity index is 1270. The summed E-state index contributed by atoms with van der Waals surface area (Å²) in [5.74, 6) is 4.16. The predicted molar refractivity (Wildman–Crippen MR) is 155 cm³/mol. The van der Waals surface area contributed by atoms with Crippen LogP contribution in [0, 0.1) is 0 Å². The van der Waals surface area contributed by atoms with E-state index in [0.717, 1.165) is 68.8 Å². The van der Waals surface area contributed by atoms with Gasteiger partial charge in [0.2, 0.25) is 0 Å². The van der Waals surface area contributed by atoms with Crippen molar-refractivity contribution in [1.82, 2.24) is 4.90 Å². The van der Waals surface area contributed by atoms with E-state index in [0.29, 0.717) is 0 Å². The van der Waals surface area contributed by atoms with E-state index >= 15 is 0 Å². The van der Waals surface area contributed by atoms with Crippen molar-refractivity contribution in [3.05, 3.63) is 66.7 Å². The maximum absolute atomic E-state index is 6.48. The molecule has 1 aromatic heterocycles. The molecule has 3 aromatic carbocycles. The summed E-state index contributed by atoms with van der Waals surface area (Å²) in [7, 11) is 3.37. The maximum Gasteiger partial charge on any atom is 0.153 e. The van der Waals surface area contributed by atoms with E-state index in [1.807, 2.05) is 42.5 Å². The van der Waals surface area contributed by atoms with Crippen LogP contribution < -0.4 is 18.9 Å². The summed E-state index contributed by atoms with van der Waals surface area (Å²) in [6.07, 6.45) is 5.08. The third kappa shape index (κ3) is 6.69. The quantitative estimate of drug-likeness (QED) is 0.191. The number of hydrogen-bond acceptors (Lipinski definition) is 6. The molecule has 0 N–H and O–H groups in total. The van der Waals surface area contributed by atoms with Gasteiger partial charge in [0, 0.05) is 16.6 Å². The molecular weight excluding hydrogens is 506 g/mol.